The fraction of sp³-hybridized carbons (Fsp3) is 0.391. The topological polar surface area (TPSA) is 58.4 Å². The van der Waals surface area contributed by atoms with Crippen LogP contribution in [0.15, 0.2) is 47.4 Å². The number of hydrogen-bond donors (Lipinski definition) is 2. The van der Waals surface area contributed by atoms with E-state index < -0.39 is 11.7 Å². The number of nitrogens with zero attached hydrogens (tertiary/aromatic N) is 2. The van der Waals surface area contributed by atoms with E-state index in [2.05, 4.69) is 15.6 Å². The molecule has 4 rings (SSSR count). The molecule has 32 heavy (non-hydrogen) atoms. The van der Waals surface area contributed by atoms with Gasteiger partial charge in [-0.15, -0.1) is 12.4 Å². The summed E-state index contributed by atoms with van der Waals surface area (Å²) >= 11 is 0. The molecule has 0 saturated carbocycles. The molecule has 0 amide bonds. The van der Waals surface area contributed by atoms with E-state index in [4.69, 9.17) is 0 Å². The van der Waals surface area contributed by atoms with E-state index in [0.29, 0.717) is 29.3 Å². The van der Waals surface area contributed by atoms with Crippen molar-refractivity contribution in [3.63, 3.8) is 0 Å². The molecule has 1 saturated heterocycles. The van der Waals surface area contributed by atoms with Gasteiger partial charge in [0.25, 0.3) is 5.56 Å². The van der Waals surface area contributed by atoms with Gasteiger partial charge in [0, 0.05) is 24.5 Å². The second-order valence-corrected chi connectivity index (χ2v) is 7.89. The van der Waals surface area contributed by atoms with Crippen molar-refractivity contribution in [2.24, 2.45) is 0 Å². The number of unbranched alkanes of at least 4 members (excludes halogenated alkanes) is 1. The Bertz CT molecular complexity index is 1120. The monoisotopic (exact) mass is 466 g/mol. The summed E-state index contributed by atoms with van der Waals surface area (Å²) in [6, 6.07) is 9.82. The Kier molecular flexibility index (Phi) is 7.46. The minimum atomic E-state index is -4.49. The minimum Gasteiger partial charge on any atom is -0.381 e. The molecule has 1 aliphatic rings. The largest absolute Gasteiger partial charge is 0.416 e. The number of aryl methyl sites for hydroxylation is 1. The van der Waals surface area contributed by atoms with Gasteiger partial charge in [-0.25, -0.2) is 4.98 Å². The van der Waals surface area contributed by atoms with E-state index in [9.17, 15) is 18.0 Å². The van der Waals surface area contributed by atoms with E-state index in [1.807, 2.05) is 31.2 Å². The fourth-order valence-electron chi connectivity index (χ4n) is 3.92. The highest BCUT2D eigenvalue weighted by molar-refractivity contribution is 5.85. The molecule has 0 aliphatic carbocycles. The van der Waals surface area contributed by atoms with Crippen molar-refractivity contribution in [1.82, 2.24) is 14.7 Å². The lowest BCUT2D eigenvalue weighted by Crippen LogP contribution is -2.22. The lowest BCUT2D eigenvalue weighted by Gasteiger charge is -2.15. The highest BCUT2D eigenvalue weighted by Crippen LogP contribution is 2.30. The number of halogens is 4. The third-order valence-corrected chi connectivity index (χ3v) is 5.60. The van der Waals surface area contributed by atoms with E-state index in [-0.39, 0.29) is 23.6 Å². The van der Waals surface area contributed by atoms with Crippen LogP contribution in [0.1, 0.15) is 37.4 Å². The lowest BCUT2D eigenvalue weighted by atomic mass is 10.0. The van der Waals surface area contributed by atoms with Gasteiger partial charge >= 0.3 is 6.18 Å². The molecule has 1 unspecified atom stereocenters. The smallest absolute Gasteiger partial charge is 0.381 e. The van der Waals surface area contributed by atoms with Gasteiger partial charge in [0.05, 0.1) is 16.8 Å². The maximum absolute atomic E-state index is 13.3. The first-order valence-electron chi connectivity index (χ1n) is 10.6. The molecule has 1 fully saturated rings. The number of benzene rings is 1. The van der Waals surface area contributed by atoms with Gasteiger partial charge in [-0.05, 0) is 55.6 Å². The molecular formula is C23H26ClF3N4O. The van der Waals surface area contributed by atoms with Crippen LogP contribution in [0.2, 0.25) is 0 Å². The molecule has 172 valence electrons. The molecule has 1 atom stereocenters. The van der Waals surface area contributed by atoms with Crippen molar-refractivity contribution in [2.45, 2.75) is 44.8 Å². The Morgan fingerprint density at radius 1 is 1.22 bits per heavy atom. The summed E-state index contributed by atoms with van der Waals surface area (Å²) in [6.45, 7) is 3.93. The summed E-state index contributed by atoms with van der Waals surface area (Å²) in [5.41, 5.74) is 1.51. The first-order valence-corrected chi connectivity index (χ1v) is 10.6. The average molecular weight is 467 g/mol. The summed E-state index contributed by atoms with van der Waals surface area (Å²) in [6.07, 6.45) is -0.0619. The molecule has 2 N–H and O–H groups in total. The van der Waals surface area contributed by atoms with Crippen LogP contribution in [0.3, 0.4) is 0 Å². The first kappa shape index (κ1) is 24.1. The third-order valence-electron chi connectivity index (χ3n) is 5.60. The Morgan fingerprint density at radius 2 is 1.97 bits per heavy atom. The quantitative estimate of drug-likeness (QED) is 0.541. The number of anilines is 1. The maximum Gasteiger partial charge on any atom is 0.416 e. The van der Waals surface area contributed by atoms with Crippen LogP contribution in [-0.4, -0.2) is 28.5 Å². The normalized spacial score (nSPS) is 16.2. The predicted molar refractivity (Wildman–Crippen MR) is 123 cm³/mol. The molecule has 1 aromatic carbocycles. The van der Waals surface area contributed by atoms with Crippen LogP contribution in [0.4, 0.5) is 18.9 Å². The van der Waals surface area contributed by atoms with Crippen molar-refractivity contribution in [3.8, 4) is 11.1 Å². The van der Waals surface area contributed by atoms with Crippen molar-refractivity contribution < 1.29 is 13.2 Å². The average Bonchev–Trinajstić information content (AvgIpc) is 3.25. The first-order chi connectivity index (χ1) is 14.9. The van der Waals surface area contributed by atoms with E-state index in [0.717, 1.165) is 56.4 Å². The van der Waals surface area contributed by atoms with Gasteiger partial charge in [-0.2, -0.15) is 13.2 Å². The zero-order valence-corrected chi connectivity index (χ0v) is 18.5. The highest BCUT2D eigenvalue weighted by atomic mass is 35.5. The highest BCUT2D eigenvalue weighted by Gasteiger charge is 2.31. The molecule has 0 bridgehead atoms. The molecule has 3 heterocycles. The molecule has 1 aliphatic heterocycles. The number of nitrogens with one attached hydrogen (secondary N) is 2. The van der Waals surface area contributed by atoms with E-state index in [1.54, 1.807) is 0 Å². The number of pyridine rings is 1. The van der Waals surface area contributed by atoms with E-state index in [1.165, 1.54) is 4.40 Å². The molecule has 3 aromatic rings. The van der Waals surface area contributed by atoms with Crippen molar-refractivity contribution in [2.75, 3.05) is 18.4 Å². The van der Waals surface area contributed by atoms with Crippen molar-refractivity contribution in [3.05, 3.63) is 64.2 Å². The van der Waals surface area contributed by atoms with Crippen LogP contribution in [-0.2, 0) is 12.6 Å². The molecule has 2 aromatic heterocycles. The van der Waals surface area contributed by atoms with Crippen LogP contribution in [0.5, 0.6) is 0 Å². The van der Waals surface area contributed by atoms with Crippen molar-refractivity contribution in [1.29, 1.82) is 0 Å². The van der Waals surface area contributed by atoms with Crippen LogP contribution < -0.4 is 16.2 Å². The van der Waals surface area contributed by atoms with Gasteiger partial charge < -0.3 is 10.6 Å². The molecule has 9 heteroatoms. The number of fused-ring (bicyclic) bond motifs is 1. The Morgan fingerprint density at radius 3 is 2.59 bits per heavy atom. The zero-order valence-electron chi connectivity index (χ0n) is 17.7. The summed E-state index contributed by atoms with van der Waals surface area (Å²) in [7, 11) is 0. The Labute approximate surface area is 190 Å². The van der Waals surface area contributed by atoms with Gasteiger partial charge in [0.15, 0.2) is 0 Å². The predicted octanol–water partition coefficient (Wildman–Crippen LogP) is 4.92. The summed E-state index contributed by atoms with van der Waals surface area (Å²) < 4.78 is 40.6. The number of aromatic nitrogens is 2. The van der Waals surface area contributed by atoms with Crippen LogP contribution in [0, 0.1) is 0 Å². The minimum absolute atomic E-state index is 0. The SMILES string of the molecule is CCCCc1nc2cc(C(F)(F)F)ccn2c(=O)c1-c1ccc(NC2CCNC2)cc1.Cl. The molecule has 5 nitrogen and oxygen atoms in total. The standard InChI is InChI=1S/C23H25F3N4O.ClH/c1-2-3-4-19-21(15-5-7-17(8-6-15)28-18-9-11-27-14-18)22(31)30-12-10-16(23(24,25)26)13-20(30)29-19;/h5-8,10,12-13,18,27-28H,2-4,9,11,14H2,1H3;1H. The number of alkyl halides is 3. The number of hydrogen-bond acceptors (Lipinski definition) is 4. The van der Waals surface area contributed by atoms with Crippen LogP contribution in [0.25, 0.3) is 16.8 Å². The third kappa shape index (κ3) is 5.07. The zero-order chi connectivity index (χ0) is 22.0. The van der Waals surface area contributed by atoms with E-state index >= 15 is 0 Å². The molecular weight excluding hydrogens is 441 g/mol. The van der Waals surface area contributed by atoms with Crippen LogP contribution >= 0.6 is 12.4 Å². The summed E-state index contributed by atoms with van der Waals surface area (Å²) in [4.78, 5) is 17.7. The summed E-state index contributed by atoms with van der Waals surface area (Å²) in [5, 5.41) is 6.77. The Hall–Kier alpha value is -2.58. The van der Waals surface area contributed by atoms with Crippen molar-refractivity contribution >= 4 is 23.7 Å². The molecule has 0 radical (unpaired) electrons. The summed E-state index contributed by atoms with van der Waals surface area (Å²) in [5.74, 6) is 0. The second-order valence-electron chi connectivity index (χ2n) is 7.89. The second kappa shape index (κ2) is 9.92. The van der Waals surface area contributed by atoms with Gasteiger partial charge in [-0.1, -0.05) is 25.5 Å². The maximum atomic E-state index is 13.3. The number of rotatable bonds is 6. The van der Waals surface area contributed by atoms with Gasteiger partial charge in [-0.3, -0.25) is 9.20 Å². The van der Waals surface area contributed by atoms with Gasteiger partial charge in [0.1, 0.15) is 5.65 Å². The van der Waals surface area contributed by atoms with Gasteiger partial charge in [0.2, 0.25) is 0 Å². The lowest BCUT2D eigenvalue weighted by molar-refractivity contribution is -0.137. The fourth-order valence-corrected chi connectivity index (χ4v) is 3.92. The Balaban J connectivity index is 0.00000289. The molecule has 0 spiro atoms.